The average molecular weight is 390 g/mol. The molecule has 1 saturated heterocycles. The minimum Gasteiger partial charge on any atom is -0.308 e. The van der Waals surface area contributed by atoms with Crippen molar-refractivity contribution in [1.29, 1.82) is 0 Å². The Hall–Kier alpha value is -1.79. The van der Waals surface area contributed by atoms with Crippen molar-refractivity contribution < 1.29 is 4.79 Å². The molecule has 24 heavy (non-hydrogen) atoms. The Bertz CT molecular complexity index is 594. The predicted molar refractivity (Wildman–Crippen MR) is 110 cm³/mol. The van der Waals surface area contributed by atoms with Crippen LogP contribution in [0.2, 0.25) is 0 Å². The van der Waals surface area contributed by atoms with Crippen molar-refractivity contribution in [2.75, 3.05) is 11.4 Å². The molecule has 0 spiro atoms. The Balaban J connectivity index is 0.00000123. The molecule has 1 aliphatic heterocycles. The van der Waals surface area contributed by atoms with E-state index in [2.05, 4.69) is 54.8 Å². The summed E-state index contributed by atoms with van der Waals surface area (Å²) in [5.41, 5.74) is 3.43. The second-order valence-electron chi connectivity index (χ2n) is 5.38. The van der Waals surface area contributed by atoms with Crippen LogP contribution in [-0.4, -0.2) is 12.5 Å². The summed E-state index contributed by atoms with van der Waals surface area (Å²) in [6, 6.07) is 8.30. The zero-order valence-corrected chi connectivity index (χ0v) is 16.9. The summed E-state index contributed by atoms with van der Waals surface area (Å²) in [5.74, 6) is 0.685. The number of benzene rings is 1. The normalized spacial score (nSPS) is 15.7. The zero-order chi connectivity index (χ0) is 18.7. The number of halogens is 1. The number of carbonyl (C=O) groups is 1. The van der Waals surface area contributed by atoms with Gasteiger partial charge in [-0.3, -0.25) is 4.79 Å². The molecular weight excluding hydrogens is 362 g/mol. The maximum atomic E-state index is 12.1. The van der Waals surface area contributed by atoms with E-state index in [1.165, 1.54) is 5.56 Å². The van der Waals surface area contributed by atoms with E-state index in [1.54, 1.807) is 0 Å². The third-order valence-corrected chi connectivity index (χ3v) is 4.22. The number of amides is 1. The third-order valence-electron chi connectivity index (χ3n) is 3.53. The highest BCUT2D eigenvalue weighted by molar-refractivity contribution is 9.11. The summed E-state index contributed by atoms with van der Waals surface area (Å²) in [6.07, 6.45) is 12.5. The van der Waals surface area contributed by atoms with E-state index < -0.39 is 0 Å². The molecule has 1 aliphatic rings. The topological polar surface area (TPSA) is 20.3 Å². The van der Waals surface area contributed by atoms with E-state index in [4.69, 9.17) is 0 Å². The van der Waals surface area contributed by atoms with Gasteiger partial charge in [-0.05, 0) is 42.2 Å². The van der Waals surface area contributed by atoms with Gasteiger partial charge >= 0.3 is 0 Å². The van der Waals surface area contributed by atoms with Crippen LogP contribution in [0.4, 0.5) is 5.69 Å². The largest absolute Gasteiger partial charge is 0.308 e. The Kier molecular flexibility index (Phi) is 10.8. The number of carbonyl (C=O) groups excluding carboxylic acids is 1. The van der Waals surface area contributed by atoms with Gasteiger partial charge in [0.1, 0.15) is 0 Å². The van der Waals surface area contributed by atoms with Crippen LogP contribution < -0.4 is 4.90 Å². The number of rotatable bonds is 3. The molecule has 0 bridgehead atoms. The summed E-state index contributed by atoms with van der Waals surface area (Å²) in [5, 5.41) is 0. The second kappa shape index (κ2) is 11.7. The molecule has 0 aromatic heterocycles. The first-order valence-electron chi connectivity index (χ1n) is 8.26. The van der Waals surface area contributed by atoms with Gasteiger partial charge in [-0.1, -0.05) is 61.8 Å². The molecule has 3 heteroatoms. The van der Waals surface area contributed by atoms with E-state index >= 15 is 0 Å². The molecule has 0 atom stereocenters. The summed E-state index contributed by atoms with van der Waals surface area (Å²) < 4.78 is 1.03. The van der Waals surface area contributed by atoms with Crippen molar-refractivity contribution in [3.8, 4) is 12.8 Å². The van der Waals surface area contributed by atoms with Crippen LogP contribution in [0.1, 0.15) is 52.5 Å². The summed E-state index contributed by atoms with van der Waals surface area (Å²) >= 11 is 3.46. The molecule has 0 radical (unpaired) electrons. The van der Waals surface area contributed by atoms with Gasteiger partial charge in [-0.2, -0.15) is 0 Å². The fourth-order valence-electron chi connectivity index (χ4n) is 2.29. The number of nitrogens with zero attached hydrogens (tertiary/aromatic N) is 1. The van der Waals surface area contributed by atoms with Gasteiger partial charge in [0.05, 0.1) is 6.42 Å². The molecule has 2 rings (SSSR count). The first-order chi connectivity index (χ1) is 11.5. The lowest BCUT2D eigenvalue weighted by atomic mass is 10.0. The molecule has 1 amide bonds. The van der Waals surface area contributed by atoms with E-state index in [0.29, 0.717) is 18.9 Å². The third kappa shape index (κ3) is 6.37. The van der Waals surface area contributed by atoms with E-state index in [0.717, 1.165) is 15.7 Å². The van der Waals surface area contributed by atoms with E-state index in [-0.39, 0.29) is 5.91 Å². The monoisotopic (exact) mass is 389 g/mol. The highest BCUT2D eigenvalue weighted by atomic mass is 79.9. The maximum Gasteiger partial charge on any atom is 0.231 e. The Morgan fingerprint density at radius 3 is 2.21 bits per heavy atom. The van der Waals surface area contributed by atoms with E-state index in [9.17, 15) is 4.79 Å². The standard InChI is InChI=1S/C17H20BrNO.C2H6.C2H2/c1-4-15(18)9-13-10-17(20)19(11-13)16-7-5-14(6-8-16)12(2)3;2*1-2/h4-9,12H,10-11H2,1-3H3;1-2H3;1-2H/b13-9+,15-4+;;. The van der Waals surface area contributed by atoms with Crippen LogP contribution in [0.3, 0.4) is 0 Å². The number of terminal acetylenes is 1. The summed E-state index contributed by atoms with van der Waals surface area (Å²) in [6.45, 7) is 11.0. The SMILES string of the molecule is C#C.C/C=C(Br)\C=C1/CC(=O)N(c2ccc(C(C)C)cc2)C1.CC. The molecule has 2 nitrogen and oxygen atoms in total. The van der Waals surface area contributed by atoms with Crippen molar-refractivity contribution in [3.05, 3.63) is 52.0 Å². The fraction of sp³-hybridized carbons (Fsp3) is 0.381. The zero-order valence-electron chi connectivity index (χ0n) is 15.3. The van der Waals surface area contributed by atoms with Crippen molar-refractivity contribution in [2.45, 2.75) is 47.0 Å². The van der Waals surface area contributed by atoms with Crippen LogP contribution in [-0.2, 0) is 4.79 Å². The van der Waals surface area contributed by atoms with Crippen molar-refractivity contribution in [3.63, 3.8) is 0 Å². The molecule has 1 fully saturated rings. The van der Waals surface area contributed by atoms with Crippen LogP contribution in [0.15, 0.2) is 46.5 Å². The van der Waals surface area contributed by atoms with Gasteiger partial charge in [0, 0.05) is 16.7 Å². The molecule has 1 aromatic rings. The molecule has 0 N–H and O–H groups in total. The van der Waals surface area contributed by atoms with Gasteiger partial charge in [0.15, 0.2) is 0 Å². The minimum atomic E-state index is 0.171. The highest BCUT2D eigenvalue weighted by Crippen LogP contribution is 2.27. The van der Waals surface area contributed by atoms with Gasteiger partial charge in [-0.15, -0.1) is 12.8 Å². The Morgan fingerprint density at radius 2 is 1.75 bits per heavy atom. The van der Waals surface area contributed by atoms with Crippen molar-refractivity contribution >= 4 is 27.5 Å². The van der Waals surface area contributed by atoms with Crippen LogP contribution in [0.5, 0.6) is 0 Å². The molecular formula is C21H28BrNO. The fourth-order valence-corrected chi connectivity index (χ4v) is 2.61. The van der Waals surface area contributed by atoms with Crippen LogP contribution >= 0.6 is 15.9 Å². The maximum absolute atomic E-state index is 12.1. The first kappa shape index (κ1) is 22.2. The lowest BCUT2D eigenvalue weighted by molar-refractivity contribution is -0.116. The summed E-state index contributed by atoms with van der Waals surface area (Å²) in [4.78, 5) is 14.0. The second-order valence-corrected chi connectivity index (χ2v) is 6.29. The number of hydrogen-bond acceptors (Lipinski definition) is 1. The van der Waals surface area contributed by atoms with Gasteiger partial charge < -0.3 is 4.90 Å². The molecule has 1 aromatic carbocycles. The lowest BCUT2D eigenvalue weighted by Gasteiger charge is -2.16. The average Bonchev–Trinajstić information content (AvgIpc) is 2.98. The minimum absolute atomic E-state index is 0.171. The molecule has 130 valence electrons. The smallest absolute Gasteiger partial charge is 0.231 e. The van der Waals surface area contributed by atoms with Gasteiger partial charge in [-0.25, -0.2) is 0 Å². The Morgan fingerprint density at radius 1 is 1.21 bits per heavy atom. The first-order valence-corrected chi connectivity index (χ1v) is 9.05. The van der Waals surface area contributed by atoms with Gasteiger partial charge in [0.25, 0.3) is 0 Å². The number of hydrogen-bond donors (Lipinski definition) is 0. The molecule has 0 aliphatic carbocycles. The summed E-state index contributed by atoms with van der Waals surface area (Å²) in [7, 11) is 0. The Labute approximate surface area is 155 Å². The lowest BCUT2D eigenvalue weighted by Crippen LogP contribution is -2.23. The van der Waals surface area contributed by atoms with Crippen molar-refractivity contribution in [1.82, 2.24) is 0 Å². The van der Waals surface area contributed by atoms with Crippen LogP contribution in [0.25, 0.3) is 0 Å². The van der Waals surface area contributed by atoms with Gasteiger partial charge in [0.2, 0.25) is 5.91 Å². The molecule has 0 unspecified atom stereocenters. The quantitative estimate of drug-likeness (QED) is 0.576. The van der Waals surface area contributed by atoms with E-state index in [1.807, 2.05) is 50.0 Å². The van der Waals surface area contributed by atoms with Crippen molar-refractivity contribution in [2.24, 2.45) is 0 Å². The number of anilines is 1. The number of allylic oxidation sites excluding steroid dienone is 3. The predicted octanol–water partition coefficient (Wildman–Crippen LogP) is 6.05. The molecule has 0 saturated carbocycles. The van der Waals surface area contributed by atoms with Crippen LogP contribution in [0, 0.1) is 12.8 Å². The highest BCUT2D eigenvalue weighted by Gasteiger charge is 2.25. The molecule has 1 heterocycles.